The number of hydrogen-bond donors (Lipinski definition) is 2. The molecule has 0 fully saturated rings. The van der Waals surface area contributed by atoms with Gasteiger partial charge in [0, 0.05) is 25.5 Å². The predicted molar refractivity (Wildman–Crippen MR) is 101 cm³/mol. The van der Waals surface area contributed by atoms with Gasteiger partial charge in [0.25, 0.3) is 5.91 Å². The van der Waals surface area contributed by atoms with E-state index in [1.807, 2.05) is 80.5 Å². The van der Waals surface area contributed by atoms with Crippen LogP contribution in [0.2, 0.25) is 0 Å². The van der Waals surface area contributed by atoms with Crippen molar-refractivity contribution in [3.63, 3.8) is 0 Å². The molecule has 0 unspecified atom stereocenters. The van der Waals surface area contributed by atoms with Crippen molar-refractivity contribution in [2.24, 2.45) is 5.10 Å². The molecule has 126 valence electrons. The van der Waals surface area contributed by atoms with Crippen LogP contribution in [0.4, 0.5) is 11.4 Å². The highest BCUT2D eigenvalue weighted by atomic mass is 16.2. The highest BCUT2D eigenvalue weighted by Gasteiger charge is 2.15. The lowest BCUT2D eigenvalue weighted by atomic mass is 10.2. The van der Waals surface area contributed by atoms with Crippen LogP contribution in [0.3, 0.4) is 0 Å². The molecular weight excluding hydrogens is 300 g/mol. The summed E-state index contributed by atoms with van der Waals surface area (Å²) < 4.78 is 0. The van der Waals surface area contributed by atoms with E-state index in [2.05, 4.69) is 15.8 Å². The number of nitrogens with zero attached hydrogens (tertiary/aromatic N) is 2. The Bertz CT molecular complexity index is 666. The molecule has 0 heterocycles. The highest BCUT2D eigenvalue weighted by Crippen LogP contribution is 2.11. The van der Waals surface area contributed by atoms with Crippen molar-refractivity contribution in [2.45, 2.75) is 19.4 Å². The predicted octanol–water partition coefficient (Wildman–Crippen LogP) is 3.09. The molecule has 2 aromatic carbocycles. The minimum Gasteiger partial charge on any atom is -0.378 e. The number of para-hydroxylation sites is 1. The fourth-order valence-corrected chi connectivity index (χ4v) is 2.20. The lowest BCUT2D eigenvalue weighted by molar-refractivity contribution is -0.121. The largest absolute Gasteiger partial charge is 0.378 e. The molecule has 0 radical (unpaired) electrons. The molecule has 5 nitrogen and oxygen atoms in total. The van der Waals surface area contributed by atoms with Gasteiger partial charge in [0.2, 0.25) is 0 Å². The van der Waals surface area contributed by atoms with Gasteiger partial charge in [-0.1, -0.05) is 37.3 Å². The monoisotopic (exact) mass is 324 g/mol. The lowest BCUT2D eigenvalue weighted by Gasteiger charge is -2.16. The van der Waals surface area contributed by atoms with Crippen LogP contribution in [0.15, 0.2) is 59.7 Å². The van der Waals surface area contributed by atoms with Gasteiger partial charge in [0.05, 0.1) is 6.21 Å². The number of benzene rings is 2. The first-order valence-electron chi connectivity index (χ1n) is 8.02. The average Bonchev–Trinajstić information content (AvgIpc) is 2.61. The van der Waals surface area contributed by atoms with Crippen molar-refractivity contribution >= 4 is 23.5 Å². The van der Waals surface area contributed by atoms with E-state index in [9.17, 15) is 4.79 Å². The first kappa shape index (κ1) is 17.5. The smallest absolute Gasteiger partial charge is 0.262 e. The number of carbonyl (C=O) groups is 1. The van der Waals surface area contributed by atoms with E-state index in [1.54, 1.807) is 6.21 Å². The summed E-state index contributed by atoms with van der Waals surface area (Å²) in [5.74, 6) is -0.150. The molecule has 0 aliphatic carbocycles. The van der Waals surface area contributed by atoms with Crippen LogP contribution in [0.25, 0.3) is 0 Å². The molecule has 2 N–H and O–H groups in total. The van der Waals surface area contributed by atoms with Crippen LogP contribution >= 0.6 is 0 Å². The number of rotatable bonds is 7. The van der Waals surface area contributed by atoms with Crippen LogP contribution < -0.4 is 15.6 Å². The molecule has 2 rings (SSSR count). The summed E-state index contributed by atoms with van der Waals surface area (Å²) in [5.41, 5.74) is 5.57. The standard InChI is InChI=1S/C19H24N4O/c1-4-18(21-16-8-6-5-7-9-16)19(24)22-20-14-15-10-12-17(13-11-15)23(2)3/h5-14,18,21H,4H2,1-3H3,(H,22,24)/b20-14-/t18-/m1/s1. The average molecular weight is 324 g/mol. The zero-order chi connectivity index (χ0) is 17.4. The molecule has 0 aliphatic heterocycles. The van der Waals surface area contributed by atoms with Crippen molar-refractivity contribution in [1.29, 1.82) is 0 Å². The van der Waals surface area contributed by atoms with Gasteiger partial charge >= 0.3 is 0 Å². The Kier molecular flexibility index (Phi) is 6.37. The van der Waals surface area contributed by atoms with Gasteiger partial charge in [0.15, 0.2) is 0 Å². The summed E-state index contributed by atoms with van der Waals surface area (Å²) >= 11 is 0. The van der Waals surface area contributed by atoms with Gasteiger partial charge in [-0.25, -0.2) is 5.43 Å². The molecule has 0 spiro atoms. The minimum absolute atomic E-state index is 0.150. The molecule has 2 aromatic rings. The van der Waals surface area contributed by atoms with Gasteiger partial charge in [-0.2, -0.15) is 5.10 Å². The van der Waals surface area contributed by atoms with Crippen molar-refractivity contribution in [1.82, 2.24) is 5.43 Å². The van der Waals surface area contributed by atoms with Gasteiger partial charge < -0.3 is 10.2 Å². The molecule has 1 amide bonds. The molecule has 0 aliphatic rings. The van der Waals surface area contributed by atoms with E-state index in [0.29, 0.717) is 6.42 Å². The highest BCUT2D eigenvalue weighted by molar-refractivity contribution is 5.86. The molecule has 0 aromatic heterocycles. The van der Waals surface area contributed by atoms with Crippen LogP contribution in [0, 0.1) is 0 Å². The molecule has 0 bridgehead atoms. The minimum atomic E-state index is -0.319. The van der Waals surface area contributed by atoms with Crippen LogP contribution in [-0.2, 0) is 4.79 Å². The Hall–Kier alpha value is -2.82. The normalized spacial score (nSPS) is 12.0. The number of anilines is 2. The van der Waals surface area contributed by atoms with Gasteiger partial charge in [-0.3, -0.25) is 4.79 Å². The first-order valence-corrected chi connectivity index (χ1v) is 8.02. The molecule has 0 saturated carbocycles. The zero-order valence-corrected chi connectivity index (χ0v) is 14.4. The third kappa shape index (κ3) is 5.12. The fourth-order valence-electron chi connectivity index (χ4n) is 2.20. The summed E-state index contributed by atoms with van der Waals surface area (Å²) in [5, 5.41) is 7.25. The van der Waals surface area contributed by atoms with Crippen LogP contribution in [-0.4, -0.2) is 32.3 Å². The molecular formula is C19H24N4O. The Morgan fingerprint density at radius 1 is 1.12 bits per heavy atom. The summed E-state index contributed by atoms with van der Waals surface area (Å²) in [6.45, 7) is 1.96. The van der Waals surface area contributed by atoms with Gasteiger partial charge in [0.1, 0.15) is 6.04 Å². The Labute approximate surface area is 143 Å². The van der Waals surface area contributed by atoms with E-state index in [0.717, 1.165) is 16.9 Å². The topological polar surface area (TPSA) is 56.7 Å². The number of hydrazone groups is 1. The lowest BCUT2D eigenvalue weighted by Crippen LogP contribution is -2.36. The van der Waals surface area contributed by atoms with E-state index < -0.39 is 0 Å². The van der Waals surface area contributed by atoms with Gasteiger partial charge in [-0.05, 0) is 36.2 Å². The quantitative estimate of drug-likeness (QED) is 0.608. The first-order chi connectivity index (χ1) is 11.6. The van der Waals surface area contributed by atoms with Crippen LogP contribution in [0.5, 0.6) is 0 Å². The SMILES string of the molecule is CC[C@@H](Nc1ccccc1)C(=O)N/N=C\c1ccc(N(C)C)cc1. The van der Waals surface area contributed by atoms with Crippen molar-refractivity contribution < 1.29 is 4.79 Å². The zero-order valence-electron chi connectivity index (χ0n) is 14.4. The summed E-state index contributed by atoms with van der Waals surface area (Å²) in [7, 11) is 3.99. The molecule has 1 atom stereocenters. The summed E-state index contributed by atoms with van der Waals surface area (Å²) in [6.07, 6.45) is 2.32. The third-order valence-electron chi connectivity index (χ3n) is 3.64. The number of amides is 1. The summed E-state index contributed by atoms with van der Waals surface area (Å²) in [4.78, 5) is 14.2. The Morgan fingerprint density at radius 2 is 1.79 bits per heavy atom. The second-order valence-corrected chi connectivity index (χ2v) is 5.69. The van der Waals surface area contributed by atoms with Crippen molar-refractivity contribution in [3.05, 3.63) is 60.2 Å². The van der Waals surface area contributed by atoms with Gasteiger partial charge in [-0.15, -0.1) is 0 Å². The van der Waals surface area contributed by atoms with Crippen molar-refractivity contribution in [2.75, 3.05) is 24.3 Å². The number of carbonyl (C=O) groups excluding carboxylic acids is 1. The number of nitrogens with one attached hydrogen (secondary N) is 2. The maximum atomic E-state index is 12.2. The molecule has 0 saturated heterocycles. The Balaban J connectivity index is 1.90. The van der Waals surface area contributed by atoms with E-state index >= 15 is 0 Å². The summed E-state index contributed by atoms with van der Waals surface area (Å²) in [6, 6.07) is 17.3. The van der Waals surface area contributed by atoms with E-state index in [-0.39, 0.29) is 11.9 Å². The Morgan fingerprint density at radius 3 is 2.38 bits per heavy atom. The number of hydrogen-bond acceptors (Lipinski definition) is 4. The van der Waals surface area contributed by atoms with Crippen molar-refractivity contribution in [3.8, 4) is 0 Å². The molecule has 5 heteroatoms. The second kappa shape index (κ2) is 8.72. The van der Waals surface area contributed by atoms with E-state index in [1.165, 1.54) is 0 Å². The second-order valence-electron chi connectivity index (χ2n) is 5.69. The maximum Gasteiger partial charge on any atom is 0.262 e. The fraction of sp³-hybridized carbons (Fsp3) is 0.263. The van der Waals surface area contributed by atoms with Crippen LogP contribution in [0.1, 0.15) is 18.9 Å². The molecule has 24 heavy (non-hydrogen) atoms. The third-order valence-corrected chi connectivity index (χ3v) is 3.64. The maximum absolute atomic E-state index is 12.2. The van der Waals surface area contributed by atoms with E-state index in [4.69, 9.17) is 0 Å².